The lowest BCUT2D eigenvalue weighted by Crippen LogP contribution is -2.52. The molecule has 2 amide bonds. The number of ether oxygens (including phenoxy) is 1. The highest BCUT2D eigenvalue weighted by molar-refractivity contribution is 5.85. The van der Waals surface area contributed by atoms with Crippen LogP contribution in [0.15, 0.2) is 30.3 Å². The van der Waals surface area contributed by atoms with Crippen LogP contribution in [0.25, 0.3) is 0 Å². The minimum Gasteiger partial charge on any atom is -0.484 e. The summed E-state index contributed by atoms with van der Waals surface area (Å²) in [6, 6.07) is 9.73. The quantitative estimate of drug-likeness (QED) is 0.827. The molecule has 1 N–H and O–H groups in total. The summed E-state index contributed by atoms with van der Waals surface area (Å²) in [5, 5.41) is 3.28. The van der Waals surface area contributed by atoms with Crippen molar-refractivity contribution in [3.05, 3.63) is 30.3 Å². The van der Waals surface area contributed by atoms with Gasteiger partial charge in [0.2, 0.25) is 5.91 Å². The number of nitrogens with one attached hydrogen (secondary N) is 1. The Labute approximate surface area is 167 Å². The lowest BCUT2D eigenvalue weighted by atomic mass is 9.95. The van der Waals surface area contributed by atoms with E-state index in [0.29, 0.717) is 24.9 Å². The van der Waals surface area contributed by atoms with Gasteiger partial charge in [0.05, 0.1) is 5.92 Å². The third-order valence-corrected chi connectivity index (χ3v) is 5.37. The van der Waals surface area contributed by atoms with Crippen molar-refractivity contribution in [2.24, 2.45) is 5.92 Å². The van der Waals surface area contributed by atoms with Gasteiger partial charge in [-0.3, -0.25) is 9.59 Å². The van der Waals surface area contributed by atoms with Gasteiger partial charge in [0.1, 0.15) is 5.75 Å². The number of hydrogen-bond donors (Lipinski definition) is 1. The van der Waals surface area contributed by atoms with Crippen molar-refractivity contribution in [1.29, 1.82) is 0 Å². The van der Waals surface area contributed by atoms with Gasteiger partial charge in [0, 0.05) is 32.2 Å². The first-order valence-electron chi connectivity index (χ1n) is 9.59. The minimum absolute atomic E-state index is 0. The van der Waals surface area contributed by atoms with Crippen LogP contribution >= 0.6 is 12.4 Å². The van der Waals surface area contributed by atoms with E-state index in [0.717, 1.165) is 38.8 Å². The van der Waals surface area contributed by atoms with Gasteiger partial charge in [-0.15, -0.1) is 12.4 Å². The number of halogens is 1. The first kappa shape index (κ1) is 21.5. The molecule has 2 saturated heterocycles. The SMILES string of the molecule is CNC1CCCN(C(=O)C2CCCN(C(=O)COc3ccccc3)C2)C1.Cl. The molecule has 2 atom stereocenters. The van der Waals surface area contributed by atoms with Crippen LogP contribution in [0.4, 0.5) is 0 Å². The molecule has 2 aliphatic heterocycles. The zero-order valence-electron chi connectivity index (χ0n) is 15.9. The standard InChI is InChI=1S/C20H29N3O3.ClH/c1-21-17-8-6-12-23(14-17)20(25)16-7-5-11-22(13-16)19(24)15-26-18-9-3-2-4-10-18;/h2-4,9-10,16-17,21H,5-8,11-15H2,1H3;1H. The predicted molar refractivity (Wildman–Crippen MR) is 107 cm³/mol. The second kappa shape index (κ2) is 10.5. The fraction of sp³-hybridized carbons (Fsp3) is 0.600. The normalized spacial score (nSPS) is 22.7. The van der Waals surface area contributed by atoms with Crippen molar-refractivity contribution in [1.82, 2.24) is 15.1 Å². The number of piperidine rings is 2. The Morgan fingerprint density at radius 3 is 2.52 bits per heavy atom. The van der Waals surface area contributed by atoms with Gasteiger partial charge in [-0.25, -0.2) is 0 Å². The Morgan fingerprint density at radius 1 is 1.07 bits per heavy atom. The monoisotopic (exact) mass is 395 g/mol. The number of rotatable bonds is 5. The molecule has 0 bridgehead atoms. The largest absolute Gasteiger partial charge is 0.484 e. The van der Waals surface area contributed by atoms with E-state index in [1.165, 1.54) is 0 Å². The van der Waals surface area contributed by atoms with Crippen LogP contribution in [0.2, 0.25) is 0 Å². The van der Waals surface area contributed by atoms with E-state index in [9.17, 15) is 9.59 Å². The van der Waals surface area contributed by atoms with Crippen molar-refractivity contribution in [3.63, 3.8) is 0 Å². The van der Waals surface area contributed by atoms with E-state index in [4.69, 9.17) is 4.74 Å². The van der Waals surface area contributed by atoms with Crippen molar-refractivity contribution in [2.75, 3.05) is 39.8 Å². The summed E-state index contributed by atoms with van der Waals surface area (Å²) >= 11 is 0. The molecule has 6 nitrogen and oxygen atoms in total. The van der Waals surface area contributed by atoms with Crippen LogP contribution in [0.5, 0.6) is 5.75 Å². The summed E-state index contributed by atoms with van der Waals surface area (Å²) in [6.45, 7) is 2.85. The molecule has 2 aliphatic rings. The second-order valence-corrected chi connectivity index (χ2v) is 7.19. The molecule has 2 unspecified atom stereocenters. The maximum atomic E-state index is 12.9. The van der Waals surface area contributed by atoms with Crippen molar-refractivity contribution in [2.45, 2.75) is 31.7 Å². The predicted octanol–water partition coefficient (Wildman–Crippen LogP) is 1.94. The summed E-state index contributed by atoms with van der Waals surface area (Å²) in [4.78, 5) is 29.1. The van der Waals surface area contributed by atoms with Crippen molar-refractivity contribution in [3.8, 4) is 5.75 Å². The Bertz CT molecular complexity index is 614. The molecule has 0 saturated carbocycles. The lowest BCUT2D eigenvalue weighted by Gasteiger charge is -2.38. The fourth-order valence-corrected chi connectivity index (χ4v) is 3.83. The summed E-state index contributed by atoms with van der Waals surface area (Å²) < 4.78 is 5.57. The van der Waals surface area contributed by atoms with E-state index in [-0.39, 0.29) is 36.7 Å². The number of hydrogen-bond acceptors (Lipinski definition) is 4. The maximum Gasteiger partial charge on any atom is 0.260 e. The van der Waals surface area contributed by atoms with Gasteiger partial charge in [0.15, 0.2) is 6.61 Å². The summed E-state index contributed by atoms with van der Waals surface area (Å²) in [6.07, 6.45) is 3.89. The van der Waals surface area contributed by atoms with Crippen LogP contribution < -0.4 is 10.1 Å². The van der Waals surface area contributed by atoms with Crippen molar-refractivity contribution < 1.29 is 14.3 Å². The number of benzene rings is 1. The molecule has 0 radical (unpaired) electrons. The molecule has 1 aromatic rings. The summed E-state index contributed by atoms with van der Waals surface area (Å²) in [5.41, 5.74) is 0. The van der Waals surface area contributed by atoms with E-state index >= 15 is 0 Å². The van der Waals surface area contributed by atoms with Gasteiger partial charge in [0.25, 0.3) is 5.91 Å². The molecule has 1 aromatic carbocycles. The lowest BCUT2D eigenvalue weighted by molar-refractivity contribution is -0.142. The number of amides is 2. The number of carbonyl (C=O) groups excluding carboxylic acids is 2. The number of para-hydroxylation sites is 1. The van der Waals surface area contributed by atoms with Gasteiger partial charge < -0.3 is 19.9 Å². The number of nitrogens with zero attached hydrogens (tertiary/aromatic N) is 2. The highest BCUT2D eigenvalue weighted by Crippen LogP contribution is 2.21. The Morgan fingerprint density at radius 2 is 1.78 bits per heavy atom. The molecule has 2 heterocycles. The van der Waals surface area contributed by atoms with E-state index in [2.05, 4.69) is 5.32 Å². The molecular weight excluding hydrogens is 366 g/mol. The fourth-order valence-electron chi connectivity index (χ4n) is 3.83. The van der Waals surface area contributed by atoms with E-state index < -0.39 is 0 Å². The molecule has 27 heavy (non-hydrogen) atoms. The molecule has 0 spiro atoms. The molecule has 150 valence electrons. The molecular formula is C20H30ClN3O3. The van der Waals surface area contributed by atoms with Gasteiger partial charge in [-0.2, -0.15) is 0 Å². The van der Waals surface area contributed by atoms with Crippen LogP contribution in [0, 0.1) is 5.92 Å². The Kier molecular flexibility index (Phi) is 8.38. The highest BCUT2D eigenvalue weighted by Gasteiger charge is 2.33. The molecule has 7 heteroatoms. The van der Waals surface area contributed by atoms with Crippen molar-refractivity contribution >= 4 is 24.2 Å². The average Bonchev–Trinajstić information content (AvgIpc) is 2.72. The van der Waals surface area contributed by atoms with Crippen LogP contribution in [-0.4, -0.2) is 67.5 Å². The van der Waals surface area contributed by atoms with E-state index in [1.807, 2.05) is 42.3 Å². The minimum atomic E-state index is -0.0833. The number of carbonyl (C=O) groups is 2. The van der Waals surface area contributed by atoms with Crippen LogP contribution in [0.1, 0.15) is 25.7 Å². The summed E-state index contributed by atoms with van der Waals surface area (Å²) in [5.74, 6) is 0.765. The zero-order valence-corrected chi connectivity index (χ0v) is 16.7. The smallest absolute Gasteiger partial charge is 0.260 e. The highest BCUT2D eigenvalue weighted by atomic mass is 35.5. The van der Waals surface area contributed by atoms with Crippen LogP contribution in [0.3, 0.4) is 0 Å². The first-order valence-corrected chi connectivity index (χ1v) is 9.59. The number of likely N-dealkylation sites (tertiary alicyclic amines) is 2. The third-order valence-electron chi connectivity index (χ3n) is 5.37. The average molecular weight is 396 g/mol. The molecule has 0 aliphatic carbocycles. The molecule has 2 fully saturated rings. The van der Waals surface area contributed by atoms with E-state index in [1.54, 1.807) is 4.90 Å². The second-order valence-electron chi connectivity index (χ2n) is 7.19. The van der Waals surface area contributed by atoms with Gasteiger partial charge >= 0.3 is 0 Å². The molecule has 0 aromatic heterocycles. The van der Waals surface area contributed by atoms with Gasteiger partial charge in [-0.1, -0.05) is 18.2 Å². The Hall–Kier alpha value is -1.79. The summed E-state index contributed by atoms with van der Waals surface area (Å²) in [7, 11) is 1.95. The first-order chi connectivity index (χ1) is 12.7. The number of likely N-dealkylation sites (N-methyl/N-ethyl adjacent to an activating group) is 1. The maximum absolute atomic E-state index is 12.9. The topological polar surface area (TPSA) is 61.9 Å². The third kappa shape index (κ3) is 5.84. The zero-order chi connectivity index (χ0) is 18.4. The molecule has 3 rings (SSSR count). The van der Waals surface area contributed by atoms with Gasteiger partial charge in [-0.05, 0) is 44.9 Å². The van der Waals surface area contributed by atoms with Crippen LogP contribution in [-0.2, 0) is 9.59 Å². The Balaban J connectivity index is 0.00000261.